The first-order valence-electron chi connectivity index (χ1n) is 8.63. The standard InChI is InChI=1S/C20H15N5O2S/c1-12-9-18(23-19(26)14-10-21-15-6-3-2-5-13(14)15)25(24-12)20-22-16(11-28-20)17-7-4-8-27-17/h2-11,21H,1H3,(H,23,26). The Balaban J connectivity index is 1.48. The Morgan fingerprint density at radius 1 is 1.25 bits per heavy atom. The van der Waals surface area contributed by atoms with E-state index in [2.05, 4.69) is 20.4 Å². The maximum Gasteiger partial charge on any atom is 0.258 e. The van der Waals surface area contributed by atoms with E-state index < -0.39 is 0 Å². The lowest BCUT2D eigenvalue weighted by Crippen LogP contribution is -2.14. The normalized spacial score (nSPS) is 11.2. The summed E-state index contributed by atoms with van der Waals surface area (Å²) in [6.45, 7) is 1.87. The van der Waals surface area contributed by atoms with Crippen molar-refractivity contribution < 1.29 is 9.21 Å². The van der Waals surface area contributed by atoms with E-state index in [-0.39, 0.29) is 5.91 Å². The lowest BCUT2D eigenvalue weighted by Gasteiger charge is -2.06. The van der Waals surface area contributed by atoms with Crippen molar-refractivity contribution in [3.05, 3.63) is 71.6 Å². The minimum Gasteiger partial charge on any atom is -0.463 e. The number of rotatable bonds is 4. The molecule has 28 heavy (non-hydrogen) atoms. The molecule has 0 aliphatic rings. The number of aryl methyl sites for hydroxylation is 1. The average molecular weight is 389 g/mol. The molecule has 0 fully saturated rings. The van der Waals surface area contributed by atoms with Gasteiger partial charge in [-0.3, -0.25) is 4.79 Å². The topological polar surface area (TPSA) is 88.7 Å². The molecular formula is C20H15N5O2S. The second-order valence-electron chi connectivity index (χ2n) is 6.28. The Morgan fingerprint density at radius 3 is 3.00 bits per heavy atom. The summed E-state index contributed by atoms with van der Waals surface area (Å²) in [4.78, 5) is 20.6. The van der Waals surface area contributed by atoms with Crippen molar-refractivity contribution in [3.8, 4) is 16.6 Å². The Bertz CT molecular complexity index is 1280. The number of thiazole rings is 1. The molecule has 0 saturated heterocycles. The summed E-state index contributed by atoms with van der Waals surface area (Å²) >= 11 is 1.43. The highest BCUT2D eigenvalue weighted by Crippen LogP contribution is 2.27. The van der Waals surface area contributed by atoms with Gasteiger partial charge in [-0.25, -0.2) is 4.98 Å². The van der Waals surface area contributed by atoms with Crippen LogP contribution in [0, 0.1) is 6.92 Å². The van der Waals surface area contributed by atoms with Crippen LogP contribution in [0.4, 0.5) is 5.82 Å². The van der Waals surface area contributed by atoms with Crippen LogP contribution in [0.2, 0.25) is 0 Å². The van der Waals surface area contributed by atoms with Crippen molar-refractivity contribution in [1.29, 1.82) is 0 Å². The van der Waals surface area contributed by atoms with E-state index >= 15 is 0 Å². The van der Waals surface area contributed by atoms with E-state index in [9.17, 15) is 4.79 Å². The molecule has 7 nitrogen and oxygen atoms in total. The van der Waals surface area contributed by atoms with Gasteiger partial charge in [0.2, 0.25) is 5.13 Å². The van der Waals surface area contributed by atoms with Crippen LogP contribution < -0.4 is 5.32 Å². The molecule has 2 N–H and O–H groups in total. The molecule has 0 aliphatic heterocycles. The summed E-state index contributed by atoms with van der Waals surface area (Å²) in [5.41, 5.74) is 3.01. The number of nitrogens with zero attached hydrogens (tertiary/aromatic N) is 3. The summed E-state index contributed by atoms with van der Waals surface area (Å²) < 4.78 is 7.04. The van der Waals surface area contributed by atoms with Crippen molar-refractivity contribution >= 4 is 34.0 Å². The van der Waals surface area contributed by atoms with Gasteiger partial charge in [-0.2, -0.15) is 9.78 Å². The minimum atomic E-state index is -0.207. The van der Waals surface area contributed by atoms with Gasteiger partial charge in [0.05, 0.1) is 17.5 Å². The molecule has 0 aliphatic carbocycles. The van der Waals surface area contributed by atoms with Gasteiger partial charge in [0.1, 0.15) is 11.5 Å². The van der Waals surface area contributed by atoms with Crippen LogP contribution in [0.5, 0.6) is 0 Å². The number of nitrogens with one attached hydrogen (secondary N) is 2. The minimum absolute atomic E-state index is 0.207. The van der Waals surface area contributed by atoms with Crippen LogP contribution >= 0.6 is 11.3 Å². The molecule has 5 aromatic rings. The maximum atomic E-state index is 12.9. The van der Waals surface area contributed by atoms with E-state index in [1.807, 2.05) is 54.8 Å². The molecule has 0 radical (unpaired) electrons. The van der Waals surface area contributed by atoms with Crippen LogP contribution in [-0.4, -0.2) is 25.7 Å². The maximum absolute atomic E-state index is 12.9. The summed E-state index contributed by atoms with van der Waals surface area (Å²) in [6, 6.07) is 13.2. The smallest absolute Gasteiger partial charge is 0.258 e. The number of carbonyl (C=O) groups is 1. The van der Waals surface area contributed by atoms with Crippen molar-refractivity contribution in [2.24, 2.45) is 0 Å². The van der Waals surface area contributed by atoms with Crippen LogP contribution in [0.15, 0.2) is 64.7 Å². The molecule has 4 heterocycles. The van der Waals surface area contributed by atoms with Crippen LogP contribution in [0.25, 0.3) is 27.5 Å². The van der Waals surface area contributed by atoms with Crippen LogP contribution in [0.3, 0.4) is 0 Å². The van der Waals surface area contributed by atoms with Gasteiger partial charge in [-0.05, 0) is 25.1 Å². The molecule has 4 aromatic heterocycles. The highest BCUT2D eigenvalue weighted by molar-refractivity contribution is 7.12. The fourth-order valence-electron chi connectivity index (χ4n) is 3.08. The number of H-pyrrole nitrogens is 1. The number of para-hydroxylation sites is 1. The fraction of sp³-hybridized carbons (Fsp3) is 0.0500. The molecule has 5 rings (SSSR count). The van der Waals surface area contributed by atoms with E-state index in [4.69, 9.17) is 4.42 Å². The summed E-state index contributed by atoms with van der Waals surface area (Å²) in [5.74, 6) is 1.05. The number of furan rings is 1. The van der Waals surface area contributed by atoms with Crippen molar-refractivity contribution in [1.82, 2.24) is 19.7 Å². The van der Waals surface area contributed by atoms with Gasteiger partial charge in [0.15, 0.2) is 5.76 Å². The molecular weight excluding hydrogens is 374 g/mol. The number of amides is 1. The van der Waals surface area contributed by atoms with E-state index in [1.54, 1.807) is 17.1 Å². The molecule has 0 atom stereocenters. The largest absolute Gasteiger partial charge is 0.463 e. The number of hydrogen-bond donors (Lipinski definition) is 2. The number of benzene rings is 1. The molecule has 138 valence electrons. The SMILES string of the molecule is Cc1cc(NC(=O)c2c[nH]c3ccccc23)n(-c2nc(-c3ccco3)cs2)n1. The van der Waals surface area contributed by atoms with Gasteiger partial charge in [0.25, 0.3) is 5.91 Å². The van der Waals surface area contributed by atoms with Gasteiger partial charge in [0, 0.05) is 28.5 Å². The van der Waals surface area contributed by atoms with Crippen molar-refractivity contribution in [2.45, 2.75) is 6.92 Å². The summed E-state index contributed by atoms with van der Waals surface area (Å²) in [5, 5.41) is 10.9. The second-order valence-corrected chi connectivity index (χ2v) is 7.11. The predicted molar refractivity (Wildman–Crippen MR) is 108 cm³/mol. The Kier molecular flexibility index (Phi) is 3.84. The monoisotopic (exact) mass is 389 g/mol. The third kappa shape index (κ3) is 2.80. The Morgan fingerprint density at radius 2 is 2.14 bits per heavy atom. The zero-order valence-corrected chi connectivity index (χ0v) is 15.7. The summed E-state index contributed by atoms with van der Waals surface area (Å²) in [6.07, 6.45) is 3.32. The van der Waals surface area contributed by atoms with Crippen molar-refractivity contribution in [2.75, 3.05) is 5.32 Å². The van der Waals surface area contributed by atoms with Gasteiger partial charge in [-0.1, -0.05) is 18.2 Å². The van der Waals surface area contributed by atoms with Gasteiger partial charge < -0.3 is 14.7 Å². The first kappa shape index (κ1) is 16.5. The number of aromatic amines is 1. The number of fused-ring (bicyclic) bond motifs is 1. The van der Waals surface area contributed by atoms with Crippen molar-refractivity contribution in [3.63, 3.8) is 0 Å². The summed E-state index contributed by atoms with van der Waals surface area (Å²) in [7, 11) is 0. The molecule has 0 spiro atoms. The van der Waals surface area contributed by atoms with E-state index in [0.717, 1.165) is 22.3 Å². The number of carbonyl (C=O) groups excluding carboxylic acids is 1. The second kappa shape index (κ2) is 6.50. The van der Waals surface area contributed by atoms with Gasteiger partial charge in [-0.15, -0.1) is 11.3 Å². The molecule has 0 bridgehead atoms. The lowest BCUT2D eigenvalue weighted by molar-refractivity contribution is 0.102. The van der Waals surface area contributed by atoms with E-state index in [0.29, 0.717) is 22.3 Å². The molecule has 8 heteroatoms. The predicted octanol–water partition coefficient (Wildman–Crippen LogP) is 4.63. The quantitative estimate of drug-likeness (QED) is 0.469. The molecule has 1 aromatic carbocycles. The third-order valence-corrected chi connectivity index (χ3v) is 5.17. The number of aromatic nitrogens is 4. The Labute approximate surface area is 163 Å². The highest BCUT2D eigenvalue weighted by atomic mass is 32.1. The van der Waals surface area contributed by atoms with Crippen LogP contribution in [0.1, 0.15) is 16.1 Å². The fourth-order valence-corrected chi connectivity index (χ4v) is 3.85. The van der Waals surface area contributed by atoms with Gasteiger partial charge >= 0.3 is 0 Å². The number of anilines is 1. The zero-order valence-electron chi connectivity index (χ0n) is 14.8. The highest BCUT2D eigenvalue weighted by Gasteiger charge is 2.17. The molecule has 0 saturated carbocycles. The Hall–Kier alpha value is -3.65. The lowest BCUT2D eigenvalue weighted by atomic mass is 10.1. The van der Waals surface area contributed by atoms with E-state index in [1.165, 1.54) is 11.3 Å². The first-order valence-corrected chi connectivity index (χ1v) is 9.51. The third-order valence-electron chi connectivity index (χ3n) is 4.35. The average Bonchev–Trinajstić information content (AvgIpc) is 3.47. The first-order chi connectivity index (χ1) is 13.7. The molecule has 0 unspecified atom stereocenters. The number of hydrogen-bond acceptors (Lipinski definition) is 5. The zero-order chi connectivity index (χ0) is 19.1. The molecule has 1 amide bonds. The van der Waals surface area contributed by atoms with Crippen LogP contribution in [-0.2, 0) is 0 Å².